The van der Waals surface area contributed by atoms with Gasteiger partial charge in [0.15, 0.2) is 0 Å². The van der Waals surface area contributed by atoms with Crippen LogP contribution in [0.3, 0.4) is 0 Å². The van der Waals surface area contributed by atoms with Crippen LogP contribution in [0.5, 0.6) is 0 Å². The molecule has 0 aliphatic heterocycles. The molecule has 1 saturated carbocycles. The summed E-state index contributed by atoms with van der Waals surface area (Å²) in [5.74, 6) is -2.04. The molecule has 0 bridgehead atoms. The Balaban J connectivity index is 2.18. The number of rotatable bonds is 4. The van der Waals surface area contributed by atoms with Crippen molar-refractivity contribution in [3.63, 3.8) is 0 Å². The third kappa shape index (κ3) is 3.03. The SMILES string of the molecule is CC1(C(=O)O)C=CC(NC2CCCCC2)=C(C(=O)O)C1. The monoisotopic (exact) mass is 279 g/mol. The van der Waals surface area contributed by atoms with Crippen molar-refractivity contribution >= 4 is 11.9 Å². The van der Waals surface area contributed by atoms with Gasteiger partial charge in [0.2, 0.25) is 0 Å². The topological polar surface area (TPSA) is 86.6 Å². The highest BCUT2D eigenvalue weighted by atomic mass is 16.4. The third-order valence-corrected chi connectivity index (χ3v) is 4.20. The fourth-order valence-corrected chi connectivity index (χ4v) is 2.83. The summed E-state index contributed by atoms with van der Waals surface area (Å²) in [6, 6.07) is 0.298. The van der Waals surface area contributed by atoms with E-state index >= 15 is 0 Å². The van der Waals surface area contributed by atoms with E-state index in [9.17, 15) is 19.8 Å². The molecule has 20 heavy (non-hydrogen) atoms. The van der Waals surface area contributed by atoms with Crippen molar-refractivity contribution in [2.75, 3.05) is 0 Å². The maximum atomic E-state index is 11.4. The van der Waals surface area contributed by atoms with Crippen molar-refractivity contribution < 1.29 is 19.8 Å². The summed E-state index contributed by atoms with van der Waals surface area (Å²) in [5.41, 5.74) is -0.392. The molecule has 0 saturated heterocycles. The lowest BCUT2D eigenvalue weighted by Gasteiger charge is -2.30. The van der Waals surface area contributed by atoms with Gasteiger partial charge in [-0.1, -0.05) is 25.3 Å². The van der Waals surface area contributed by atoms with Crippen LogP contribution in [0.1, 0.15) is 45.4 Å². The number of nitrogens with one attached hydrogen (secondary N) is 1. The normalized spacial score (nSPS) is 27.4. The molecule has 5 nitrogen and oxygen atoms in total. The van der Waals surface area contributed by atoms with E-state index in [0.717, 1.165) is 25.7 Å². The van der Waals surface area contributed by atoms with Crippen molar-refractivity contribution in [2.24, 2.45) is 5.41 Å². The van der Waals surface area contributed by atoms with Gasteiger partial charge < -0.3 is 15.5 Å². The molecule has 5 heteroatoms. The number of hydrogen-bond acceptors (Lipinski definition) is 3. The molecular weight excluding hydrogens is 258 g/mol. The van der Waals surface area contributed by atoms with Crippen molar-refractivity contribution in [1.82, 2.24) is 5.32 Å². The van der Waals surface area contributed by atoms with Crippen molar-refractivity contribution in [2.45, 2.75) is 51.5 Å². The van der Waals surface area contributed by atoms with Crippen molar-refractivity contribution in [3.8, 4) is 0 Å². The Hall–Kier alpha value is -1.78. The van der Waals surface area contributed by atoms with E-state index in [4.69, 9.17) is 0 Å². The minimum absolute atomic E-state index is 0.0171. The summed E-state index contributed by atoms with van der Waals surface area (Å²) in [7, 11) is 0. The number of carboxylic acids is 2. The number of allylic oxidation sites excluding steroid dienone is 1. The summed E-state index contributed by atoms with van der Waals surface area (Å²) in [6.07, 6.45) is 8.86. The van der Waals surface area contributed by atoms with Gasteiger partial charge in [-0.25, -0.2) is 4.79 Å². The summed E-state index contributed by atoms with van der Waals surface area (Å²) < 4.78 is 0. The summed E-state index contributed by atoms with van der Waals surface area (Å²) >= 11 is 0. The first kappa shape index (κ1) is 14.6. The zero-order chi connectivity index (χ0) is 14.8. The molecule has 0 spiro atoms. The minimum atomic E-state index is -1.13. The maximum Gasteiger partial charge on any atom is 0.333 e. The fourth-order valence-electron chi connectivity index (χ4n) is 2.83. The second-order valence-electron chi connectivity index (χ2n) is 5.91. The zero-order valence-electron chi connectivity index (χ0n) is 11.7. The smallest absolute Gasteiger partial charge is 0.333 e. The first-order valence-electron chi connectivity index (χ1n) is 7.08. The van der Waals surface area contributed by atoms with E-state index in [1.54, 1.807) is 19.1 Å². The van der Waals surface area contributed by atoms with E-state index in [1.165, 1.54) is 6.42 Å². The molecule has 0 aromatic carbocycles. The first-order valence-corrected chi connectivity index (χ1v) is 7.08. The van der Waals surface area contributed by atoms with Crippen LogP contribution >= 0.6 is 0 Å². The largest absolute Gasteiger partial charge is 0.481 e. The Morgan fingerprint density at radius 3 is 2.45 bits per heavy atom. The number of carboxylic acid groups (broad SMARTS) is 2. The molecule has 1 fully saturated rings. The highest BCUT2D eigenvalue weighted by Crippen LogP contribution is 2.34. The van der Waals surface area contributed by atoms with E-state index in [-0.39, 0.29) is 12.0 Å². The second-order valence-corrected chi connectivity index (χ2v) is 5.91. The molecule has 0 radical (unpaired) electrons. The van der Waals surface area contributed by atoms with Crippen LogP contribution in [0.2, 0.25) is 0 Å². The highest BCUT2D eigenvalue weighted by molar-refractivity contribution is 5.91. The van der Waals surface area contributed by atoms with Crippen LogP contribution in [-0.4, -0.2) is 28.2 Å². The Labute approximate surface area is 118 Å². The molecule has 110 valence electrons. The van der Waals surface area contributed by atoms with Crippen LogP contribution in [0.25, 0.3) is 0 Å². The number of hydrogen-bond donors (Lipinski definition) is 3. The third-order valence-electron chi connectivity index (χ3n) is 4.20. The van der Waals surface area contributed by atoms with Gasteiger partial charge >= 0.3 is 11.9 Å². The van der Waals surface area contributed by atoms with Gasteiger partial charge in [-0.2, -0.15) is 0 Å². The zero-order valence-corrected chi connectivity index (χ0v) is 11.7. The van der Waals surface area contributed by atoms with Gasteiger partial charge in [0.25, 0.3) is 0 Å². The summed E-state index contributed by atoms with van der Waals surface area (Å²) in [6.45, 7) is 1.55. The average Bonchev–Trinajstić information content (AvgIpc) is 2.42. The van der Waals surface area contributed by atoms with Crippen LogP contribution in [0.15, 0.2) is 23.4 Å². The molecule has 0 aromatic rings. The van der Waals surface area contributed by atoms with Gasteiger partial charge in [-0.05, 0) is 25.8 Å². The lowest BCUT2D eigenvalue weighted by Crippen LogP contribution is -2.36. The molecule has 1 atom stereocenters. The first-order chi connectivity index (χ1) is 9.42. The Bertz CT molecular complexity index is 474. The quantitative estimate of drug-likeness (QED) is 0.735. The van der Waals surface area contributed by atoms with Gasteiger partial charge in [-0.3, -0.25) is 4.79 Å². The molecule has 2 aliphatic carbocycles. The predicted molar refractivity (Wildman–Crippen MR) is 74.2 cm³/mol. The molecule has 3 N–H and O–H groups in total. The van der Waals surface area contributed by atoms with Crippen LogP contribution in [0, 0.1) is 5.41 Å². The van der Waals surface area contributed by atoms with Gasteiger partial charge in [0, 0.05) is 18.2 Å². The average molecular weight is 279 g/mol. The lowest BCUT2D eigenvalue weighted by molar-refractivity contribution is -0.145. The molecule has 0 heterocycles. The van der Waals surface area contributed by atoms with Crippen LogP contribution < -0.4 is 5.32 Å². The lowest BCUT2D eigenvalue weighted by atomic mass is 9.79. The van der Waals surface area contributed by atoms with Crippen molar-refractivity contribution in [1.29, 1.82) is 0 Å². The van der Waals surface area contributed by atoms with Crippen LogP contribution in [-0.2, 0) is 9.59 Å². The van der Waals surface area contributed by atoms with Crippen LogP contribution in [0.4, 0.5) is 0 Å². The van der Waals surface area contributed by atoms with E-state index in [1.807, 2.05) is 0 Å². The standard InChI is InChI=1S/C15H21NO4/c1-15(14(19)20)8-7-12(11(9-15)13(17)18)16-10-5-3-2-4-6-10/h7-8,10,16H,2-6,9H2,1H3,(H,17,18)(H,19,20). The van der Waals surface area contributed by atoms with E-state index in [0.29, 0.717) is 11.7 Å². The van der Waals surface area contributed by atoms with Gasteiger partial charge in [-0.15, -0.1) is 0 Å². The Morgan fingerprint density at radius 1 is 1.25 bits per heavy atom. The molecular formula is C15H21NO4. The van der Waals surface area contributed by atoms with Crippen molar-refractivity contribution in [3.05, 3.63) is 23.4 Å². The fraction of sp³-hybridized carbons (Fsp3) is 0.600. The predicted octanol–water partition coefficient (Wildman–Crippen LogP) is 2.30. The molecule has 2 rings (SSSR count). The summed E-state index contributed by atoms with van der Waals surface area (Å²) in [5, 5.41) is 21.8. The number of aliphatic carboxylic acids is 2. The number of carbonyl (C=O) groups is 2. The molecule has 1 unspecified atom stereocenters. The van der Waals surface area contributed by atoms with E-state index in [2.05, 4.69) is 5.32 Å². The Kier molecular flexibility index (Phi) is 4.16. The van der Waals surface area contributed by atoms with Gasteiger partial charge in [0.1, 0.15) is 0 Å². The molecule has 0 aromatic heterocycles. The second kappa shape index (κ2) is 5.69. The summed E-state index contributed by atoms with van der Waals surface area (Å²) in [4.78, 5) is 22.6. The Morgan fingerprint density at radius 2 is 1.90 bits per heavy atom. The molecule has 2 aliphatic rings. The van der Waals surface area contributed by atoms with Gasteiger partial charge in [0.05, 0.1) is 11.0 Å². The van der Waals surface area contributed by atoms with E-state index < -0.39 is 17.4 Å². The molecule has 0 amide bonds. The highest BCUT2D eigenvalue weighted by Gasteiger charge is 2.37. The maximum absolute atomic E-state index is 11.4. The minimum Gasteiger partial charge on any atom is -0.481 e.